The lowest BCUT2D eigenvalue weighted by Crippen LogP contribution is -2.30. The molecule has 3 N–H and O–H groups in total. The summed E-state index contributed by atoms with van der Waals surface area (Å²) in [6, 6.07) is 19.6. The van der Waals surface area contributed by atoms with Crippen LogP contribution in [0, 0.1) is 10.1 Å². The number of hydrogen-bond donors (Lipinski definition) is 3. The van der Waals surface area contributed by atoms with Crippen LogP contribution in [0.2, 0.25) is 0 Å². The predicted octanol–water partition coefficient (Wildman–Crippen LogP) is 4.12. The minimum absolute atomic E-state index is 0.0196. The first kappa shape index (κ1) is 25.0. The summed E-state index contributed by atoms with van der Waals surface area (Å²) in [5.41, 5.74) is 3.96. The van der Waals surface area contributed by atoms with Gasteiger partial charge in [0.1, 0.15) is 12.7 Å². The van der Waals surface area contributed by atoms with Gasteiger partial charge in [-0.15, -0.1) is 0 Å². The van der Waals surface area contributed by atoms with E-state index >= 15 is 0 Å². The fourth-order valence-electron chi connectivity index (χ4n) is 4.51. The number of aliphatic hydroxyl groups excluding tert-OH is 2. The monoisotopic (exact) mass is 490 g/mol. The number of amides is 1. The van der Waals surface area contributed by atoms with Crippen molar-refractivity contribution in [2.75, 3.05) is 13.2 Å². The number of nitro benzene ring substituents is 1. The van der Waals surface area contributed by atoms with Crippen LogP contribution in [-0.4, -0.2) is 46.3 Å². The van der Waals surface area contributed by atoms with Crippen molar-refractivity contribution in [1.29, 1.82) is 0 Å². The van der Waals surface area contributed by atoms with Crippen LogP contribution in [0.5, 0.6) is 0 Å². The minimum atomic E-state index is -1.57. The van der Waals surface area contributed by atoms with Gasteiger partial charge in [-0.1, -0.05) is 54.6 Å². The number of aliphatic hydroxyl groups is 2. The summed E-state index contributed by atoms with van der Waals surface area (Å²) in [6.07, 6.45) is -3.71. The van der Waals surface area contributed by atoms with Gasteiger partial charge >= 0.3 is 6.09 Å². The van der Waals surface area contributed by atoms with Crippen molar-refractivity contribution in [3.05, 3.63) is 99.1 Å². The molecule has 1 aliphatic carbocycles. The highest BCUT2D eigenvalue weighted by Gasteiger charge is 2.30. The highest BCUT2D eigenvalue weighted by Crippen LogP contribution is 2.44. The van der Waals surface area contributed by atoms with Gasteiger partial charge in [-0.2, -0.15) is 0 Å². The molecule has 186 valence electrons. The second-order valence-electron chi connectivity index (χ2n) is 8.64. The van der Waals surface area contributed by atoms with Gasteiger partial charge < -0.3 is 20.3 Å². The molecular formula is C27H26N2O7. The number of nitrogens with zero attached hydrogens (tertiary/aromatic N) is 1. The number of benzene rings is 3. The summed E-state index contributed by atoms with van der Waals surface area (Å²) in [7, 11) is 0. The van der Waals surface area contributed by atoms with E-state index in [2.05, 4.69) is 5.32 Å². The molecule has 0 radical (unpaired) electrons. The van der Waals surface area contributed by atoms with Crippen LogP contribution in [0.1, 0.15) is 52.4 Å². The zero-order chi connectivity index (χ0) is 25.8. The van der Waals surface area contributed by atoms with E-state index in [1.54, 1.807) is 0 Å². The number of fused-ring (bicyclic) bond motifs is 3. The Labute approximate surface area is 207 Å². The second kappa shape index (κ2) is 10.7. The summed E-state index contributed by atoms with van der Waals surface area (Å²) >= 11 is 0. The van der Waals surface area contributed by atoms with Crippen molar-refractivity contribution in [2.45, 2.75) is 31.5 Å². The highest BCUT2D eigenvalue weighted by atomic mass is 16.6. The van der Waals surface area contributed by atoms with Gasteiger partial charge in [-0.25, -0.2) is 4.79 Å². The number of rotatable bonds is 9. The maximum atomic E-state index is 12.3. The van der Waals surface area contributed by atoms with Gasteiger partial charge in [0.05, 0.1) is 16.6 Å². The number of nitro groups is 1. The number of Topliss-reactive ketones (excluding diaryl/α,β-unsaturated/α-hetero) is 1. The molecule has 3 aromatic rings. The van der Waals surface area contributed by atoms with Crippen LogP contribution < -0.4 is 5.32 Å². The van der Waals surface area contributed by atoms with E-state index in [1.807, 2.05) is 48.5 Å². The van der Waals surface area contributed by atoms with Crippen LogP contribution in [0.3, 0.4) is 0 Å². The van der Waals surface area contributed by atoms with E-state index in [4.69, 9.17) is 4.74 Å². The topological polar surface area (TPSA) is 139 Å². The molecule has 0 saturated heterocycles. The molecular weight excluding hydrogens is 464 g/mol. The third-order valence-electron chi connectivity index (χ3n) is 6.37. The Morgan fingerprint density at radius 3 is 2.22 bits per heavy atom. The molecule has 0 aromatic heterocycles. The molecule has 0 heterocycles. The summed E-state index contributed by atoms with van der Waals surface area (Å²) in [5, 5.41) is 34.8. The lowest BCUT2D eigenvalue weighted by atomic mass is 9.98. The Kier molecular flexibility index (Phi) is 7.42. The van der Waals surface area contributed by atoms with Gasteiger partial charge in [0.25, 0.3) is 5.69 Å². The number of hydrogen-bond acceptors (Lipinski definition) is 7. The fraction of sp³-hybridized carbons (Fsp3) is 0.259. The number of ether oxygens (including phenoxy) is 1. The molecule has 0 fully saturated rings. The van der Waals surface area contributed by atoms with Crippen LogP contribution in [-0.2, 0) is 4.74 Å². The first-order chi connectivity index (χ1) is 17.3. The van der Waals surface area contributed by atoms with E-state index in [9.17, 15) is 29.9 Å². The van der Waals surface area contributed by atoms with Crippen LogP contribution in [0.25, 0.3) is 11.1 Å². The van der Waals surface area contributed by atoms with Crippen LogP contribution in [0.4, 0.5) is 10.5 Å². The quantitative estimate of drug-likeness (QED) is 0.233. The molecule has 3 aromatic carbocycles. The van der Waals surface area contributed by atoms with Gasteiger partial charge in [0.15, 0.2) is 5.78 Å². The first-order valence-electron chi connectivity index (χ1n) is 11.5. The third kappa shape index (κ3) is 5.12. The van der Waals surface area contributed by atoms with Crippen molar-refractivity contribution >= 4 is 17.6 Å². The number of alkyl carbamates (subject to hydrolysis) is 1. The molecule has 2 atom stereocenters. The zero-order valence-corrected chi connectivity index (χ0v) is 19.6. The van der Waals surface area contributed by atoms with Gasteiger partial charge in [0.2, 0.25) is 0 Å². The molecule has 9 nitrogen and oxygen atoms in total. The molecule has 0 saturated carbocycles. The lowest BCUT2D eigenvalue weighted by molar-refractivity contribution is -0.386. The van der Waals surface area contributed by atoms with Crippen LogP contribution >= 0.6 is 0 Å². The average molecular weight is 491 g/mol. The molecule has 4 rings (SSSR count). The largest absolute Gasteiger partial charge is 0.449 e. The molecule has 36 heavy (non-hydrogen) atoms. The van der Waals surface area contributed by atoms with Gasteiger partial charge in [-0.05, 0) is 41.7 Å². The molecule has 0 spiro atoms. The Hall–Kier alpha value is -4.08. The number of ketones is 1. The molecule has 1 aliphatic rings. The number of carbonyl (C=O) groups excluding carboxylic acids is 2. The smallest absolute Gasteiger partial charge is 0.407 e. The Morgan fingerprint density at radius 1 is 1.03 bits per heavy atom. The molecule has 2 unspecified atom stereocenters. The van der Waals surface area contributed by atoms with Gasteiger partial charge in [0, 0.05) is 24.1 Å². The van der Waals surface area contributed by atoms with E-state index in [-0.39, 0.29) is 42.4 Å². The molecule has 0 aliphatic heterocycles. The Bertz CT molecular complexity index is 1260. The highest BCUT2D eigenvalue weighted by molar-refractivity contribution is 5.94. The van der Waals surface area contributed by atoms with Crippen molar-refractivity contribution < 1.29 is 29.5 Å². The molecule has 1 amide bonds. The Morgan fingerprint density at radius 2 is 1.64 bits per heavy atom. The average Bonchev–Trinajstić information content (AvgIpc) is 3.20. The maximum Gasteiger partial charge on any atom is 0.407 e. The van der Waals surface area contributed by atoms with Crippen molar-refractivity contribution in [2.24, 2.45) is 0 Å². The zero-order valence-electron chi connectivity index (χ0n) is 19.6. The summed E-state index contributed by atoms with van der Waals surface area (Å²) < 4.78 is 5.44. The third-order valence-corrected chi connectivity index (χ3v) is 6.37. The summed E-state index contributed by atoms with van der Waals surface area (Å²) in [6.45, 7) is 1.40. The summed E-state index contributed by atoms with van der Waals surface area (Å²) in [4.78, 5) is 34.5. The van der Waals surface area contributed by atoms with E-state index in [0.717, 1.165) is 28.3 Å². The van der Waals surface area contributed by atoms with Crippen LogP contribution in [0.15, 0.2) is 66.7 Å². The lowest BCUT2D eigenvalue weighted by Gasteiger charge is -2.19. The number of carbonyl (C=O) groups is 2. The van der Waals surface area contributed by atoms with Crippen molar-refractivity contribution in [3.8, 4) is 11.1 Å². The molecule has 9 heteroatoms. The first-order valence-corrected chi connectivity index (χ1v) is 11.5. The summed E-state index contributed by atoms with van der Waals surface area (Å²) in [5.74, 6) is -0.443. The normalized spacial score (nSPS) is 13.9. The fourth-order valence-corrected chi connectivity index (χ4v) is 4.51. The predicted molar refractivity (Wildman–Crippen MR) is 132 cm³/mol. The van der Waals surface area contributed by atoms with E-state index in [1.165, 1.54) is 19.1 Å². The maximum absolute atomic E-state index is 12.3. The minimum Gasteiger partial charge on any atom is -0.449 e. The number of nitrogens with one attached hydrogen (secondary N) is 1. The standard InChI is InChI=1S/C27H26N2O7/c1-16(30)17-10-11-22(24(14-17)29(34)35)26(32)25(31)12-13-28-27(33)36-15-23-20-8-4-2-6-18(20)19-7-3-5-9-21(19)23/h2-11,14,23,25-26,31-32H,12-13,15H2,1H3,(H,28,33). The van der Waals surface area contributed by atoms with Crippen molar-refractivity contribution in [1.82, 2.24) is 5.32 Å². The van der Waals surface area contributed by atoms with E-state index < -0.39 is 28.9 Å². The SMILES string of the molecule is CC(=O)c1ccc(C(O)C(O)CCNC(=O)OCC2c3ccccc3-c3ccccc32)c([N+](=O)[O-])c1. The van der Waals surface area contributed by atoms with Gasteiger partial charge in [-0.3, -0.25) is 14.9 Å². The molecule has 0 bridgehead atoms. The second-order valence-corrected chi connectivity index (χ2v) is 8.64. The van der Waals surface area contributed by atoms with Crippen molar-refractivity contribution in [3.63, 3.8) is 0 Å². The van der Waals surface area contributed by atoms with E-state index in [0.29, 0.717) is 0 Å². The Balaban J connectivity index is 1.32.